The van der Waals surface area contributed by atoms with Crippen LogP contribution in [0.3, 0.4) is 0 Å². The van der Waals surface area contributed by atoms with Crippen molar-refractivity contribution in [3.8, 4) is 0 Å². The van der Waals surface area contributed by atoms with Gasteiger partial charge >= 0.3 is 0 Å². The lowest BCUT2D eigenvalue weighted by Crippen LogP contribution is -2.44. The Labute approximate surface area is 90.1 Å². The first kappa shape index (κ1) is 13.9. The third-order valence-corrected chi connectivity index (χ3v) is 3.03. The van der Waals surface area contributed by atoms with Crippen molar-refractivity contribution in [2.75, 3.05) is 20.6 Å². The highest BCUT2D eigenvalue weighted by Gasteiger charge is 2.16. The molecule has 0 fully saturated rings. The number of nitrogens with zero attached hydrogens (tertiary/aromatic N) is 1. The van der Waals surface area contributed by atoms with E-state index in [0.717, 1.165) is 6.54 Å². The predicted octanol–water partition coefficient (Wildman–Crippen LogP) is 2.35. The van der Waals surface area contributed by atoms with Gasteiger partial charge in [-0.25, -0.2) is 0 Å². The Bertz CT molecular complexity index is 120. The van der Waals surface area contributed by atoms with Crippen molar-refractivity contribution in [1.29, 1.82) is 0 Å². The summed E-state index contributed by atoms with van der Waals surface area (Å²) in [5, 5.41) is 3.64. The number of hydrogen-bond acceptors (Lipinski definition) is 2. The van der Waals surface area contributed by atoms with E-state index in [1.165, 1.54) is 12.8 Å². The molecule has 0 radical (unpaired) electrons. The topological polar surface area (TPSA) is 15.3 Å². The molecule has 86 valence electrons. The molecular formula is C12H28N2. The van der Waals surface area contributed by atoms with Crippen molar-refractivity contribution >= 4 is 0 Å². The fourth-order valence-electron chi connectivity index (χ4n) is 1.88. The van der Waals surface area contributed by atoms with E-state index in [0.29, 0.717) is 18.0 Å². The molecule has 0 aliphatic heterocycles. The molecule has 0 saturated heterocycles. The fourth-order valence-corrected chi connectivity index (χ4v) is 1.88. The Morgan fingerprint density at radius 2 is 1.57 bits per heavy atom. The first-order valence-electron chi connectivity index (χ1n) is 5.92. The van der Waals surface area contributed by atoms with E-state index in [4.69, 9.17) is 0 Å². The van der Waals surface area contributed by atoms with E-state index in [9.17, 15) is 0 Å². The molecule has 1 atom stereocenters. The first-order valence-corrected chi connectivity index (χ1v) is 5.92. The van der Waals surface area contributed by atoms with Gasteiger partial charge in [0.2, 0.25) is 0 Å². The van der Waals surface area contributed by atoms with Gasteiger partial charge in [-0.1, -0.05) is 27.7 Å². The van der Waals surface area contributed by atoms with Gasteiger partial charge in [0.25, 0.3) is 0 Å². The van der Waals surface area contributed by atoms with E-state index < -0.39 is 0 Å². The normalized spacial score (nSPS) is 14.4. The molecule has 2 heteroatoms. The van der Waals surface area contributed by atoms with Crippen LogP contribution in [0.1, 0.15) is 40.5 Å². The summed E-state index contributed by atoms with van der Waals surface area (Å²) in [6, 6.07) is 1.34. The third kappa shape index (κ3) is 4.97. The second-order valence-electron chi connectivity index (χ2n) is 4.70. The van der Waals surface area contributed by atoms with E-state index in [-0.39, 0.29) is 0 Å². The van der Waals surface area contributed by atoms with E-state index in [1.807, 2.05) is 0 Å². The Kier molecular flexibility index (Phi) is 7.20. The molecule has 1 N–H and O–H groups in total. The second-order valence-corrected chi connectivity index (χ2v) is 4.70. The van der Waals surface area contributed by atoms with Gasteiger partial charge in [0.15, 0.2) is 0 Å². The Hall–Kier alpha value is -0.0800. The van der Waals surface area contributed by atoms with Crippen LogP contribution in [0.25, 0.3) is 0 Å². The third-order valence-electron chi connectivity index (χ3n) is 3.03. The van der Waals surface area contributed by atoms with Gasteiger partial charge in [-0.15, -0.1) is 0 Å². The predicted molar refractivity (Wildman–Crippen MR) is 64.7 cm³/mol. The molecule has 0 saturated carbocycles. The summed E-state index contributed by atoms with van der Waals surface area (Å²) in [5.41, 5.74) is 0. The summed E-state index contributed by atoms with van der Waals surface area (Å²) in [7, 11) is 4.33. The van der Waals surface area contributed by atoms with Crippen molar-refractivity contribution in [2.45, 2.75) is 52.6 Å². The van der Waals surface area contributed by atoms with Crippen LogP contribution >= 0.6 is 0 Å². The number of nitrogens with one attached hydrogen (secondary N) is 1. The van der Waals surface area contributed by atoms with Crippen LogP contribution in [-0.2, 0) is 0 Å². The van der Waals surface area contributed by atoms with Crippen LogP contribution in [0.15, 0.2) is 0 Å². The molecule has 0 aliphatic carbocycles. The quantitative estimate of drug-likeness (QED) is 0.678. The van der Waals surface area contributed by atoms with Crippen molar-refractivity contribution in [3.63, 3.8) is 0 Å². The second kappa shape index (κ2) is 7.24. The standard InChI is InChI=1S/C12H28N2/c1-7-11(8-2)13-9-12(10(3)4)14(5)6/h10-13H,7-9H2,1-6H3. The molecule has 0 spiro atoms. The Balaban J connectivity index is 3.92. The van der Waals surface area contributed by atoms with Gasteiger partial charge < -0.3 is 10.2 Å². The Morgan fingerprint density at radius 1 is 1.07 bits per heavy atom. The van der Waals surface area contributed by atoms with Gasteiger partial charge in [0, 0.05) is 18.6 Å². The van der Waals surface area contributed by atoms with Crippen molar-refractivity contribution in [3.05, 3.63) is 0 Å². The minimum Gasteiger partial charge on any atom is -0.312 e. The Morgan fingerprint density at radius 3 is 1.86 bits per heavy atom. The minimum absolute atomic E-state index is 0.649. The molecule has 0 aromatic carbocycles. The summed E-state index contributed by atoms with van der Waals surface area (Å²) in [4.78, 5) is 2.32. The molecule has 1 unspecified atom stereocenters. The molecule has 0 rings (SSSR count). The number of likely N-dealkylation sites (N-methyl/N-ethyl adjacent to an activating group) is 1. The maximum Gasteiger partial charge on any atom is 0.0237 e. The van der Waals surface area contributed by atoms with Crippen molar-refractivity contribution in [2.24, 2.45) is 5.92 Å². The zero-order valence-electron chi connectivity index (χ0n) is 10.8. The molecule has 14 heavy (non-hydrogen) atoms. The number of hydrogen-bond donors (Lipinski definition) is 1. The maximum atomic E-state index is 3.64. The highest BCUT2D eigenvalue weighted by atomic mass is 15.1. The van der Waals surface area contributed by atoms with E-state index in [1.54, 1.807) is 0 Å². The van der Waals surface area contributed by atoms with E-state index in [2.05, 4.69) is 52.0 Å². The van der Waals surface area contributed by atoms with Gasteiger partial charge in [-0.05, 0) is 32.9 Å². The molecule has 0 bridgehead atoms. The molecule has 0 heterocycles. The smallest absolute Gasteiger partial charge is 0.0237 e. The zero-order valence-corrected chi connectivity index (χ0v) is 10.8. The highest BCUT2D eigenvalue weighted by molar-refractivity contribution is 4.75. The van der Waals surface area contributed by atoms with Gasteiger partial charge in [-0.3, -0.25) is 0 Å². The van der Waals surface area contributed by atoms with Crippen LogP contribution in [0.2, 0.25) is 0 Å². The lowest BCUT2D eigenvalue weighted by molar-refractivity contribution is 0.217. The molecular weight excluding hydrogens is 172 g/mol. The summed E-state index contributed by atoms with van der Waals surface area (Å²) in [6.07, 6.45) is 2.46. The monoisotopic (exact) mass is 200 g/mol. The number of rotatable bonds is 7. The largest absolute Gasteiger partial charge is 0.312 e. The summed E-state index contributed by atoms with van der Waals surface area (Å²) >= 11 is 0. The molecule has 0 aromatic rings. The minimum atomic E-state index is 0.649. The molecule has 0 aromatic heterocycles. The van der Waals surface area contributed by atoms with Crippen LogP contribution in [0.5, 0.6) is 0 Å². The van der Waals surface area contributed by atoms with Crippen molar-refractivity contribution in [1.82, 2.24) is 10.2 Å². The lowest BCUT2D eigenvalue weighted by Gasteiger charge is -2.30. The van der Waals surface area contributed by atoms with Gasteiger partial charge in [0.1, 0.15) is 0 Å². The van der Waals surface area contributed by atoms with Gasteiger partial charge in [0.05, 0.1) is 0 Å². The average molecular weight is 200 g/mol. The van der Waals surface area contributed by atoms with Crippen molar-refractivity contribution < 1.29 is 0 Å². The first-order chi connectivity index (χ1) is 6.52. The lowest BCUT2D eigenvalue weighted by atomic mass is 10.0. The summed E-state index contributed by atoms with van der Waals surface area (Å²) in [5.74, 6) is 0.715. The summed E-state index contributed by atoms with van der Waals surface area (Å²) in [6.45, 7) is 10.2. The maximum absolute atomic E-state index is 3.64. The van der Waals surface area contributed by atoms with E-state index >= 15 is 0 Å². The molecule has 2 nitrogen and oxygen atoms in total. The molecule has 0 aliphatic rings. The van der Waals surface area contributed by atoms with Crippen LogP contribution in [0, 0.1) is 5.92 Å². The highest BCUT2D eigenvalue weighted by Crippen LogP contribution is 2.07. The SMILES string of the molecule is CCC(CC)NCC(C(C)C)N(C)C. The van der Waals surface area contributed by atoms with Gasteiger partial charge in [-0.2, -0.15) is 0 Å². The van der Waals surface area contributed by atoms with Crippen LogP contribution < -0.4 is 5.32 Å². The fraction of sp³-hybridized carbons (Fsp3) is 1.00. The summed E-state index contributed by atoms with van der Waals surface area (Å²) < 4.78 is 0. The van der Waals surface area contributed by atoms with Crippen LogP contribution in [-0.4, -0.2) is 37.6 Å². The molecule has 0 amide bonds. The zero-order chi connectivity index (χ0) is 11.1. The van der Waals surface area contributed by atoms with Crippen LogP contribution in [0.4, 0.5) is 0 Å². The average Bonchev–Trinajstić information content (AvgIpc) is 2.11.